The largest absolute Gasteiger partial charge is 0.457 e. The molecule has 8 nitrogen and oxygen atoms in total. The van der Waals surface area contributed by atoms with Crippen molar-refractivity contribution in [3.63, 3.8) is 0 Å². The number of carbonyl (C=O) groups is 3. The fraction of sp³-hybridized carbons (Fsp3) is 0.130. The van der Waals surface area contributed by atoms with Crippen LogP contribution in [-0.2, 0) is 15.8 Å². The molecule has 0 atom stereocenters. The predicted octanol–water partition coefficient (Wildman–Crippen LogP) is 4.87. The molecule has 3 rings (SSSR count). The number of nitrogens with one attached hydrogen (secondary N) is 3. The zero-order valence-electron chi connectivity index (χ0n) is 18.1. The van der Waals surface area contributed by atoms with Crippen LogP contribution < -0.4 is 20.7 Å². The fourth-order valence-electron chi connectivity index (χ4n) is 2.88. The second kappa shape index (κ2) is 10.9. The topological polar surface area (TPSA) is 109 Å². The number of aromatic nitrogens is 1. The molecular formula is C23H18ClF3N4O4. The van der Waals surface area contributed by atoms with Gasteiger partial charge in [-0.1, -0.05) is 17.7 Å². The first-order valence-electron chi connectivity index (χ1n) is 9.97. The van der Waals surface area contributed by atoms with Gasteiger partial charge in [-0.2, -0.15) is 13.2 Å². The molecule has 0 saturated carbocycles. The average molecular weight is 507 g/mol. The van der Waals surface area contributed by atoms with E-state index in [0.717, 1.165) is 6.07 Å². The molecule has 0 unspecified atom stereocenters. The van der Waals surface area contributed by atoms with Crippen LogP contribution >= 0.6 is 11.6 Å². The molecule has 0 radical (unpaired) electrons. The molecule has 0 aliphatic rings. The lowest BCUT2D eigenvalue weighted by Gasteiger charge is -2.12. The summed E-state index contributed by atoms with van der Waals surface area (Å²) in [5.74, 6) is -1.23. The number of anilines is 2. The van der Waals surface area contributed by atoms with E-state index in [1.807, 2.05) is 0 Å². The van der Waals surface area contributed by atoms with Crippen LogP contribution in [0.1, 0.15) is 22.5 Å². The third-order valence-electron chi connectivity index (χ3n) is 4.42. The van der Waals surface area contributed by atoms with E-state index in [0.29, 0.717) is 23.3 Å². The molecule has 3 amide bonds. The van der Waals surface area contributed by atoms with Gasteiger partial charge in [0.25, 0.3) is 5.91 Å². The minimum absolute atomic E-state index is 0.150. The van der Waals surface area contributed by atoms with Crippen molar-refractivity contribution in [2.24, 2.45) is 0 Å². The SMILES string of the molecule is CNC(=O)c1cc(Oc2cccc(NC(=O)CC(=O)Nc3ccc(Cl)c(C(F)(F)F)c3)c2)ccn1. The molecule has 1 aromatic heterocycles. The van der Waals surface area contributed by atoms with Crippen LogP contribution in [0.2, 0.25) is 5.02 Å². The number of halogens is 4. The van der Waals surface area contributed by atoms with Gasteiger partial charge in [-0.3, -0.25) is 19.4 Å². The van der Waals surface area contributed by atoms with Crippen LogP contribution in [0.4, 0.5) is 24.5 Å². The maximum absolute atomic E-state index is 13.0. The molecule has 12 heteroatoms. The van der Waals surface area contributed by atoms with Crippen molar-refractivity contribution in [3.05, 3.63) is 77.1 Å². The van der Waals surface area contributed by atoms with Gasteiger partial charge < -0.3 is 20.7 Å². The highest BCUT2D eigenvalue weighted by Crippen LogP contribution is 2.36. The molecule has 0 aliphatic carbocycles. The van der Waals surface area contributed by atoms with Crippen molar-refractivity contribution in [1.29, 1.82) is 0 Å². The number of benzene rings is 2. The highest BCUT2D eigenvalue weighted by atomic mass is 35.5. The van der Waals surface area contributed by atoms with Gasteiger partial charge in [-0.15, -0.1) is 0 Å². The van der Waals surface area contributed by atoms with Crippen LogP contribution in [0.5, 0.6) is 11.5 Å². The Kier molecular flexibility index (Phi) is 7.92. The summed E-state index contributed by atoms with van der Waals surface area (Å²) < 4.78 is 44.6. The second-order valence-electron chi connectivity index (χ2n) is 7.05. The number of pyridine rings is 1. The molecule has 2 aromatic carbocycles. The summed E-state index contributed by atoms with van der Waals surface area (Å²) in [6.07, 6.45) is -3.93. The Morgan fingerprint density at radius 1 is 0.943 bits per heavy atom. The van der Waals surface area contributed by atoms with Gasteiger partial charge in [-0.05, 0) is 36.4 Å². The molecule has 0 spiro atoms. The summed E-state index contributed by atoms with van der Waals surface area (Å²) in [5, 5.41) is 6.70. The van der Waals surface area contributed by atoms with Crippen molar-refractivity contribution in [1.82, 2.24) is 10.3 Å². The molecule has 35 heavy (non-hydrogen) atoms. The maximum atomic E-state index is 13.0. The zero-order chi connectivity index (χ0) is 25.6. The third-order valence-corrected chi connectivity index (χ3v) is 4.75. The molecule has 0 fully saturated rings. The van der Waals surface area contributed by atoms with E-state index >= 15 is 0 Å². The lowest BCUT2D eigenvalue weighted by atomic mass is 10.2. The molecular weight excluding hydrogens is 489 g/mol. The molecule has 3 N–H and O–H groups in total. The van der Waals surface area contributed by atoms with E-state index in [2.05, 4.69) is 20.9 Å². The standard InChI is InChI=1S/C23H18ClF3N4O4/c1-28-22(34)19-11-16(7-8-29-19)35-15-4-2-3-13(9-15)30-20(32)12-21(33)31-14-5-6-18(24)17(10-14)23(25,26)27/h2-11H,12H2,1H3,(H,28,34)(H,30,32)(H,31,33). The average Bonchev–Trinajstić information content (AvgIpc) is 2.79. The third kappa shape index (κ3) is 7.18. The lowest BCUT2D eigenvalue weighted by molar-refractivity contribution is -0.137. The molecule has 182 valence electrons. The van der Waals surface area contributed by atoms with Crippen LogP contribution in [0.25, 0.3) is 0 Å². The number of nitrogens with zero attached hydrogens (tertiary/aromatic N) is 1. The van der Waals surface area contributed by atoms with E-state index in [1.54, 1.807) is 24.3 Å². The summed E-state index contributed by atoms with van der Waals surface area (Å²) in [6, 6.07) is 12.1. The quantitative estimate of drug-likeness (QED) is 0.396. The summed E-state index contributed by atoms with van der Waals surface area (Å²) in [6.45, 7) is 0. The van der Waals surface area contributed by atoms with Crippen molar-refractivity contribution in [3.8, 4) is 11.5 Å². The number of hydrogen-bond acceptors (Lipinski definition) is 5. The minimum Gasteiger partial charge on any atom is -0.457 e. The van der Waals surface area contributed by atoms with Gasteiger partial charge in [-0.25, -0.2) is 0 Å². The molecule has 0 aliphatic heterocycles. The number of hydrogen-bond donors (Lipinski definition) is 3. The van der Waals surface area contributed by atoms with Crippen LogP contribution in [0, 0.1) is 0 Å². The van der Waals surface area contributed by atoms with Gasteiger partial charge >= 0.3 is 6.18 Å². The van der Waals surface area contributed by atoms with Crippen LogP contribution in [0.15, 0.2) is 60.8 Å². The Labute approximate surface area is 202 Å². The van der Waals surface area contributed by atoms with Gasteiger partial charge in [0.2, 0.25) is 11.8 Å². The van der Waals surface area contributed by atoms with Gasteiger partial charge in [0, 0.05) is 36.8 Å². The summed E-state index contributed by atoms with van der Waals surface area (Å²) in [4.78, 5) is 40.0. The summed E-state index contributed by atoms with van der Waals surface area (Å²) in [5.41, 5.74) is -0.784. The number of rotatable bonds is 7. The first kappa shape index (κ1) is 25.5. The Hall–Kier alpha value is -4.12. The molecule has 1 heterocycles. The smallest absolute Gasteiger partial charge is 0.417 e. The Balaban J connectivity index is 1.60. The number of ether oxygens (including phenoxy) is 1. The summed E-state index contributed by atoms with van der Waals surface area (Å²) >= 11 is 5.56. The fourth-order valence-corrected chi connectivity index (χ4v) is 3.10. The second-order valence-corrected chi connectivity index (χ2v) is 7.46. The maximum Gasteiger partial charge on any atom is 0.417 e. The number of alkyl halides is 3. The van der Waals surface area contributed by atoms with Gasteiger partial charge in [0.05, 0.1) is 10.6 Å². The Morgan fingerprint density at radius 3 is 2.26 bits per heavy atom. The number of carbonyl (C=O) groups excluding carboxylic acids is 3. The van der Waals surface area contributed by atoms with E-state index in [9.17, 15) is 27.6 Å². The van der Waals surface area contributed by atoms with Crippen molar-refractivity contribution in [2.75, 3.05) is 17.7 Å². The molecule has 0 saturated heterocycles. The van der Waals surface area contributed by atoms with Crippen molar-refractivity contribution < 1.29 is 32.3 Å². The minimum atomic E-state index is -4.69. The van der Waals surface area contributed by atoms with Crippen LogP contribution in [0.3, 0.4) is 0 Å². The van der Waals surface area contributed by atoms with Crippen molar-refractivity contribution in [2.45, 2.75) is 12.6 Å². The zero-order valence-corrected chi connectivity index (χ0v) is 18.8. The Bertz CT molecular complexity index is 1270. The van der Waals surface area contributed by atoms with Crippen LogP contribution in [-0.4, -0.2) is 29.8 Å². The highest BCUT2D eigenvalue weighted by molar-refractivity contribution is 6.31. The summed E-state index contributed by atoms with van der Waals surface area (Å²) in [7, 11) is 1.47. The van der Waals surface area contributed by atoms with Gasteiger partial charge in [0.1, 0.15) is 23.6 Å². The first-order valence-corrected chi connectivity index (χ1v) is 10.4. The van der Waals surface area contributed by atoms with E-state index in [1.165, 1.54) is 31.4 Å². The predicted molar refractivity (Wildman–Crippen MR) is 122 cm³/mol. The Morgan fingerprint density at radius 2 is 1.60 bits per heavy atom. The molecule has 0 bridgehead atoms. The van der Waals surface area contributed by atoms with Crippen molar-refractivity contribution >= 4 is 40.7 Å². The lowest BCUT2D eigenvalue weighted by Crippen LogP contribution is -2.21. The van der Waals surface area contributed by atoms with E-state index in [-0.39, 0.29) is 17.3 Å². The van der Waals surface area contributed by atoms with E-state index in [4.69, 9.17) is 16.3 Å². The van der Waals surface area contributed by atoms with E-state index < -0.39 is 35.0 Å². The number of amides is 3. The normalized spacial score (nSPS) is 10.9. The first-order chi connectivity index (χ1) is 16.5. The van der Waals surface area contributed by atoms with Gasteiger partial charge in [0.15, 0.2) is 0 Å². The highest BCUT2D eigenvalue weighted by Gasteiger charge is 2.33. The molecule has 3 aromatic rings. The monoisotopic (exact) mass is 506 g/mol.